The number of piperidine rings is 1. The van der Waals surface area contributed by atoms with Gasteiger partial charge in [-0.2, -0.15) is 0 Å². The number of nitrogens with one attached hydrogen (secondary N) is 1. The zero-order valence-electron chi connectivity index (χ0n) is 10.6. The molecule has 1 fully saturated rings. The van der Waals surface area contributed by atoms with Crippen LogP contribution < -0.4 is 10.2 Å². The van der Waals surface area contributed by atoms with E-state index in [-0.39, 0.29) is 0 Å². The molecule has 4 heteroatoms. The summed E-state index contributed by atoms with van der Waals surface area (Å²) in [5, 5.41) is 3.07. The molecule has 1 aliphatic rings. The third-order valence-corrected chi connectivity index (χ3v) is 3.15. The lowest BCUT2D eigenvalue weighted by molar-refractivity contribution is 0.0527. The fraction of sp³-hybridized carbons (Fsp3) is 0.615. The molecule has 0 spiro atoms. The van der Waals surface area contributed by atoms with Crippen LogP contribution in [0, 0.1) is 0 Å². The summed E-state index contributed by atoms with van der Waals surface area (Å²) in [4.78, 5) is 6.62. The summed E-state index contributed by atoms with van der Waals surface area (Å²) >= 11 is 0. The highest BCUT2D eigenvalue weighted by Gasteiger charge is 2.20. The van der Waals surface area contributed by atoms with Gasteiger partial charge >= 0.3 is 0 Å². The van der Waals surface area contributed by atoms with E-state index in [9.17, 15) is 0 Å². The van der Waals surface area contributed by atoms with E-state index in [4.69, 9.17) is 4.74 Å². The topological polar surface area (TPSA) is 37.4 Å². The van der Waals surface area contributed by atoms with Gasteiger partial charge in [-0.05, 0) is 25.8 Å². The number of hydrogen-bond donors (Lipinski definition) is 1. The van der Waals surface area contributed by atoms with Crippen molar-refractivity contribution >= 4 is 11.5 Å². The van der Waals surface area contributed by atoms with Crippen molar-refractivity contribution in [1.82, 2.24) is 4.98 Å². The molecule has 4 nitrogen and oxygen atoms in total. The summed E-state index contributed by atoms with van der Waals surface area (Å²) in [7, 11) is 1.89. The van der Waals surface area contributed by atoms with Crippen molar-refractivity contribution in [3.05, 3.63) is 18.3 Å². The average molecular weight is 235 g/mol. The first-order chi connectivity index (χ1) is 8.33. The van der Waals surface area contributed by atoms with Gasteiger partial charge in [0.2, 0.25) is 0 Å². The maximum atomic E-state index is 5.72. The number of hydrogen-bond acceptors (Lipinski definition) is 4. The largest absolute Gasteiger partial charge is 0.377 e. The Balaban J connectivity index is 2.05. The van der Waals surface area contributed by atoms with Crippen LogP contribution in [-0.4, -0.2) is 37.8 Å². The monoisotopic (exact) mass is 235 g/mol. The minimum atomic E-state index is 0.375. The van der Waals surface area contributed by atoms with Crippen LogP contribution in [0.15, 0.2) is 18.3 Å². The van der Waals surface area contributed by atoms with Gasteiger partial charge in [-0.3, -0.25) is 0 Å². The maximum Gasteiger partial charge on any atom is 0.127 e. The lowest BCUT2D eigenvalue weighted by Gasteiger charge is -2.34. The summed E-state index contributed by atoms with van der Waals surface area (Å²) < 4.78 is 5.72. The van der Waals surface area contributed by atoms with Crippen LogP contribution >= 0.6 is 0 Å². The summed E-state index contributed by atoms with van der Waals surface area (Å²) in [6.45, 7) is 4.96. The summed E-state index contributed by atoms with van der Waals surface area (Å²) in [5.74, 6) is 0.918. The Hall–Kier alpha value is -1.29. The molecular weight excluding hydrogens is 214 g/mol. The van der Waals surface area contributed by atoms with Gasteiger partial charge in [0.25, 0.3) is 0 Å². The van der Waals surface area contributed by atoms with Crippen LogP contribution in [0.25, 0.3) is 0 Å². The van der Waals surface area contributed by atoms with Crippen molar-refractivity contribution in [2.45, 2.75) is 25.9 Å². The molecule has 1 N–H and O–H groups in total. The molecule has 0 aliphatic carbocycles. The van der Waals surface area contributed by atoms with Gasteiger partial charge < -0.3 is 15.0 Å². The van der Waals surface area contributed by atoms with Crippen LogP contribution in [0.1, 0.15) is 19.8 Å². The van der Waals surface area contributed by atoms with E-state index in [0.29, 0.717) is 6.10 Å². The number of nitrogens with zero attached hydrogens (tertiary/aromatic N) is 2. The highest BCUT2D eigenvalue weighted by molar-refractivity contribution is 5.53. The normalized spacial score (nSPS) is 20.4. The van der Waals surface area contributed by atoms with E-state index in [1.165, 1.54) is 18.5 Å². The van der Waals surface area contributed by atoms with E-state index in [1.54, 1.807) is 0 Å². The van der Waals surface area contributed by atoms with E-state index in [0.717, 1.165) is 25.5 Å². The van der Waals surface area contributed by atoms with Crippen LogP contribution in [0.3, 0.4) is 0 Å². The number of aromatic nitrogens is 1. The van der Waals surface area contributed by atoms with Crippen molar-refractivity contribution in [1.29, 1.82) is 0 Å². The van der Waals surface area contributed by atoms with Gasteiger partial charge in [-0.15, -0.1) is 0 Å². The Morgan fingerprint density at radius 3 is 3.24 bits per heavy atom. The lowest BCUT2D eigenvalue weighted by Crippen LogP contribution is -2.39. The molecule has 0 aromatic carbocycles. The average Bonchev–Trinajstić information content (AvgIpc) is 2.40. The zero-order chi connectivity index (χ0) is 12.1. The number of rotatable bonds is 4. The second-order valence-electron chi connectivity index (χ2n) is 4.31. The second kappa shape index (κ2) is 5.87. The number of pyridine rings is 1. The fourth-order valence-electron chi connectivity index (χ4n) is 2.30. The Kier molecular flexibility index (Phi) is 4.20. The first kappa shape index (κ1) is 12.2. The van der Waals surface area contributed by atoms with Crippen molar-refractivity contribution in [2.75, 3.05) is 37.0 Å². The number of anilines is 2. The molecule has 2 heterocycles. The van der Waals surface area contributed by atoms with E-state index in [1.807, 2.05) is 13.2 Å². The highest BCUT2D eigenvalue weighted by Crippen LogP contribution is 2.22. The SMILES string of the molecule is CCOC1CCCN(c2ccnc(NC)c2)C1. The Labute approximate surface area is 103 Å². The lowest BCUT2D eigenvalue weighted by atomic mass is 10.1. The predicted octanol–water partition coefficient (Wildman–Crippen LogP) is 2.13. The molecule has 1 saturated heterocycles. The smallest absolute Gasteiger partial charge is 0.127 e. The first-order valence-electron chi connectivity index (χ1n) is 6.34. The summed E-state index contributed by atoms with van der Waals surface area (Å²) in [5.41, 5.74) is 1.23. The van der Waals surface area contributed by atoms with Gasteiger partial charge in [0.1, 0.15) is 5.82 Å². The first-order valence-corrected chi connectivity index (χ1v) is 6.34. The molecule has 0 radical (unpaired) electrons. The van der Waals surface area contributed by atoms with Gasteiger partial charge in [0.05, 0.1) is 6.10 Å². The number of ether oxygens (including phenoxy) is 1. The molecule has 1 aliphatic heterocycles. The van der Waals surface area contributed by atoms with E-state index in [2.05, 4.69) is 34.3 Å². The van der Waals surface area contributed by atoms with Crippen molar-refractivity contribution in [2.24, 2.45) is 0 Å². The molecule has 0 saturated carbocycles. The van der Waals surface area contributed by atoms with Crippen molar-refractivity contribution < 1.29 is 4.74 Å². The molecule has 17 heavy (non-hydrogen) atoms. The fourth-order valence-corrected chi connectivity index (χ4v) is 2.30. The van der Waals surface area contributed by atoms with Gasteiger partial charge in [0.15, 0.2) is 0 Å². The minimum Gasteiger partial charge on any atom is -0.377 e. The molecular formula is C13H21N3O. The Morgan fingerprint density at radius 2 is 2.47 bits per heavy atom. The Morgan fingerprint density at radius 1 is 1.59 bits per heavy atom. The van der Waals surface area contributed by atoms with Gasteiger partial charge in [0, 0.05) is 44.7 Å². The van der Waals surface area contributed by atoms with Crippen molar-refractivity contribution in [3.63, 3.8) is 0 Å². The van der Waals surface area contributed by atoms with Crippen LogP contribution in [0.5, 0.6) is 0 Å². The van der Waals surface area contributed by atoms with Crippen LogP contribution in [-0.2, 0) is 4.74 Å². The third-order valence-electron chi connectivity index (χ3n) is 3.15. The third kappa shape index (κ3) is 3.09. The predicted molar refractivity (Wildman–Crippen MR) is 70.6 cm³/mol. The molecule has 1 aromatic heterocycles. The molecule has 2 rings (SSSR count). The Bertz CT molecular complexity index is 354. The van der Waals surface area contributed by atoms with Crippen molar-refractivity contribution in [3.8, 4) is 0 Å². The van der Waals surface area contributed by atoms with Crippen LogP contribution in [0.2, 0.25) is 0 Å². The molecule has 0 bridgehead atoms. The highest BCUT2D eigenvalue weighted by atomic mass is 16.5. The van der Waals surface area contributed by atoms with Gasteiger partial charge in [-0.25, -0.2) is 4.98 Å². The quantitative estimate of drug-likeness (QED) is 0.867. The second-order valence-corrected chi connectivity index (χ2v) is 4.31. The molecule has 1 aromatic rings. The molecule has 94 valence electrons. The summed E-state index contributed by atoms with van der Waals surface area (Å²) in [6, 6.07) is 4.16. The molecule has 1 atom stereocenters. The van der Waals surface area contributed by atoms with E-state index < -0.39 is 0 Å². The van der Waals surface area contributed by atoms with E-state index >= 15 is 0 Å². The minimum absolute atomic E-state index is 0.375. The zero-order valence-corrected chi connectivity index (χ0v) is 10.6. The molecule has 0 amide bonds. The maximum absolute atomic E-state index is 5.72. The standard InChI is InChI=1S/C13H21N3O/c1-3-17-12-5-4-8-16(10-12)11-6-7-15-13(9-11)14-2/h6-7,9,12H,3-5,8,10H2,1-2H3,(H,14,15). The van der Waals surface area contributed by atoms with Gasteiger partial charge in [-0.1, -0.05) is 0 Å². The van der Waals surface area contributed by atoms with Crippen LogP contribution in [0.4, 0.5) is 11.5 Å². The molecule has 1 unspecified atom stereocenters. The summed E-state index contributed by atoms with van der Waals surface area (Å²) in [6.07, 6.45) is 4.60.